The molecular formula is C19H31N5O3. The highest BCUT2D eigenvalue weighted by Gasteiger charge is 2.33. The maximum atomic E-state index is 12.7. The van der Waals surface area contributed by atoms with E-state index in [1.807, 2.05) is 18.7 Å². The van der Waals surface area contributed by atoms with Gasteiger partial charge in [0.15, 0.2) is 0 Å². The lowest BCUT2D eigenvalue weighted by Crippen LogP contribution is -2.51. The first-order valence-electron chi connectivity index (χ1n) is 9.91. The number of piperidine rings is 1. The van der Waals surface area contributed by atoms with E-state index in [4.69, 9.17) is 4.74 Å². The van der Waals surface area contributed by atoms with Crippen molar-refractivity contribution in [2.75, 3.05) is 45.9 Å². The molecule has 27 heavy (non-hydrogen) atoms. The number of aryl methyl sites for hydroxylation is 2. The van der Waals surface area contributed by atoms with E-state index in [2.05, 4.69) is 20.8 Å². The zero-order valence-electron chi connectivity index (χ0n) is 16.3. The molecule has 2 aliphatic heterocycles. The van der Waals surface area contributed by atoms with Crippen molar-refractivity contribution in [2.24, 2.45) is 11.8 Å². The molecule has 8 heteroatoms. The Bertz CT molecular complexity index is 634. The van der Waals surface area contributed by atoms with Gasteiger partial charge in [0.2, 0.25) is 11.8 Å². The SMILES string of the molecule is Cc1n[nH]c(C)c1CCCNC(=O)[C@@H]1CNC[C@@H](C(=O)N2CCOCC2)C1. The van der Waals surface area contributed by atoms with Crippen LogP contribution in [0.15, 0.2) is 0 Å². The van der Waals surface area contributed by atoms with Crippen LogP contribution in [0.4, 0.5) is 0 Å². The molecule has 3 rings (SSSR count). The Morgan fingerprint density at radius 3 is 2.67 bits per heavy atom. The van der Waals surface area contributed by atoms with Gasteiger partial charge in [-0.25, -0.2) is 0 Å². The van der Waals surface area contributed by atoms with E-state index < -0.39 is 0 Å². The molecule has 0 aromatic carbocycles. The van der Waals surface area contributed by atoms with Crippen LogP contribution in [0.2, 0.25) is 0 Å². The summed E-state index contributed by atoms with van der Waals surface area (Å²) >= 11 is 0. The third-order valence-corrected chi connectivity index (χ3v) is 5.58. The van der Waals surface area contributed by atoms with Crippen molar-refractivity contribution >= 4 is 11.8 Å². The average molecular weight is 377 g/mol. The molecular weight excluding hydrogens is 346 g/mol. The van der Waals surface area contributed by atoms with Crippen molar-refractivity contribution in [1.29, 1.82) is 0 Å². The lowest BCUT2D eigenvalue weighted by Gasteiger charge is -2.34. The van der Waals surface area contributed by atoms with Crippen molar-refractivity contribution in [1.82, 2.24) is 25.7 Å². The van der Waals surface area contributed by atoms with Gasteiger partial charge in [0.1, 0.15) is 0 Å². The number of aromatic amines is 1. The minimum absolute atomic E-state index is 0.0441. The smallest absolute Gasteiger partial charge is 0.227 e. The minimum atomic E-state index is -0.147. The van der Waals surface area contributed by atoms with E-state index in [0.717, 1.165) is 24.2 Å². The number of morpholine rings is 1. The Labute approximate surface area is 160 Å². The van der Waals surface area contributed by atoms with E-state index >= 15 is 0 Å². The minimum Gasteiger partial charge on any atom is -0.378 e. The Kier molecular flexibility index (Phi) is 6.84. The monoisotopic (exact) mass is 377 g/mol. The summed E-state index contributed by atoms with van der Waals surface area (Å²) in [5.41, 5.74) is 3.36. The quantitative estimate of drug-likeness (QED) is 0.614. The standard InChI is InChI=1S/C19H31N5O3/c1-13-17(14(2)23-22-13)4-3-5-21-18(25)15-10-16(12-20-11-15)19(26)24-6-8-27-9-7-24/h15-16,20H,3-12H2,1-2H3,(H,21,25)(H,22,23)/t15-,16-/m0/s1. The lowest BCUT2D eigenvalue weighted by atomic mass is 9.88. The zero-order valence-corrected chi connectivity index (χ0v) is 16.3. The third kappa shape index (κ3) is 5.07. The van der Waals surface area contributed by atoms with Crippen LogP contribution in [-0.4, -0.2) is 72.8 Å². The molecule has 2 fully saturated rings. The summed E-state index contributed by atoms with van der Waals surface area (Å²) in [5.74, 6) is -0.0770. The van der Waals surface area contributed by atoms with E-state index in [9.17, 15) is 9.59 Å². The topological polar surface area (TPSA) is 99.3 Å². The molecule has 2 aliphatic rings. The molecule has 3 N–H and O–H groups in total. The molecule has 2 amide bonds. The second-order valence-corrected chi connectivity index (χ2v) is 7.53. The number of hydrogen-bond donors (Lipinski definition) is 3. The maximum absolute atomic E-state index is 12.7. The lowest BCUT2D eigenvalue weighted by molar-refractivity contribution is -0.141. The number of aromatic nitrogens is 2. The van der Waals surface area contributed by atoms with Crippen molar-refractivity contribution in [2.45, 2.75) is 33.1 Å². The van der Waals surface area contributed by atoms with Crippen LogP contribution < -0.4 is 10.6 Å². The zero-order chi connectivity index (χ0) is 19.2. The number of carbonyl (C=O) groups excluding carboxylic acids is 2. The summed E-state index contributed by atoms with van der Waals surface area (Å²) in [6.45, 7) is 8.46. The molecule has 8 nitrogen and oxygen atoms in total. The number of ether oxygens (including phenoxy) is 1. The summed E-state index contributed by atoms with van der Waals surface area (Å²) in [5, 5.41) is 13.5. The molecule has 0 bridgehead atoms. The normalized spacial score (nSPS) is 23.3. The van der Waals surface area contributed by atoms with Gasteiger partial charge in [-0.3, -0.25) is 14.7 Å². The van der Waals surface area contributed by atoms with Crippen molar-refractivity contribution in [3.63, 3.8) is 0 Å². The second-order valence-electron chi connectivity index (χ2n) is 7.53. The molecule has 3 heterocycles. The number of nitrogens with zero attached hydrogens (tertiary/aromatic N) is 2. The van der Waals surface area contributed by atoms with Crippen LogP contribution in [0.5, 0.6) is 0 Å². The summed E-state index contributed by atoms with van der Waals surface area (Å²) in [7, 11) is 0. The molecule has 1 aromatic heterocycles. The maximum Gasteiger partial charge on any atom is 0.227 e. The highest BCUT2D eigenvalue weighted by atomic mass is 16.5. The van der Waals surface area contributed by atoms with Crippen LogP contribution in [0.25, 0.3) is 0 Å². The predicted octanol–water partition coefficient (Wildman–Crippen LogP) is 0.160. The molecule has 2 saturated heterocycles. The average Bonchev–Trinajstić information content (AvgIpc) is 3.03. The molecule has 0 spiro atoms. The molecule has 2 atom stereocenters. The van der Waals surface area contributed by atoms with Crippen molar-refractivity contribution < 1.29 is 14.3 Å². The highest BCUT2D eigenvalue weighted by molar-refractivity contribution is 5.83. The number of hydrogen-bond acceptors (Lipinski definition) is 5. The number of nitrogens with one attached hydrogen (secondary N) is 3. The van der Waals surface area contributed by atoms with Crippen LogP contribution in [-0.2, 0) is 20.7 Å². The molecule has 0 saturated carbocycles. The van der Waals surface area contributed by atoms with E-state index in [-0.39, 0.29) is 23.7 Å². The summed E-state index contributed by atoms with van der Waals surface area (Å²) in [6.07, 6.45) is 2.40. The van der Waals surface area contributed by atoms with Crippen LogP contribution in [0.3, 0.4) is 0 Å². The molecule has 0 aliphatic carbocycles. The summed E-state index contributed by atoms with van der Waals surface area (Å²) in [6, 6.07) is 0. The molecule has 1 aromatic rings. The van der Waals surface area contributed by atoms with Gasteiger partial charge < -0.3 is 20.3 Å². The number of rotatable bonds is 6. The first-order chi connectivity index (χ1) is 13.1. The van der Waals surface area contributed by atoms with Gasteiger partial charge in [-0.15, -0.1) is 0 Å². The number of H-pyrrole nitrogens is 1. The molecule has 0 radical (unpaired) electrons. The van der Waals surface area contributed by atoms with Gasteiger partial charge in [0, 0.05) is 38.4 Å². The Balaban J connectivity index is 1.42. The van der Waals surface area contributed by atoms with E-state index in [1.165, 1.54) is 5.56 Å². The van der Waals surface area contributed by atoms with Gasteiger partial charge in [-0.05, 0) is 38.7 Å². The van der Waals surface area contributed by atoms with Gasteiger partial charge >= 0.3 is 0 Å². The largest absolute Gasteiger partial charge is 0.378 e. The molecule has 0 unspecified atom stereocenters. The first-order valence-corrected chi connectivity index (χ1v) is 9.91. The Morgan fingerprint density at radius 2 is 1.96 bits per heavy atom. The first kappa shape index (κ1) is 19.8. The van der Waals surface area contributed by atoms with Crippen molar-refractivity contribution in [3.05, 3.63) is 17.0 Å². The Morgan fingerprint density at radius 1 is 1.22 bits per heavy atom. The van der Waals surface area contributed by atoms with Gasteiger partial charge in [-0.2, -0.15) is 5.10 Å². The number of carbonyl (C=O) groups is 2. The summed E-state index contributed by atoms with van der Waals surface area (Å²) < 4.78 is 5.31. The van der Waals surface area contributed by atoms with E-state index in [0.29, 0.717) is 52.4 Å². The van der Waals surface area contributed by atoms with Crippen LogP contribution in [0.1, 0.15) is 29.8 Å². The fourth-order valence-electron chi connectivity index (χ4n) is 3.94. The fraction of sp³-hybridized carbons (Fsp3) is 0.737. The molecule has 150 valence electrons. The highest BCUT2D eigenvalue weighted by Crippen LogP contribution is 2.20. The summed E-state index contributed by atoms with van der Waals surface area (Å²) in [4.78, 5) is 27.1. The van der Waals surface area contributed by atoms with E-state index in [1.54, 1.807) is 0 Å². The Hall–Kier alpha value is -1.93. The van der Waals surface area contributed by atoms with Gasteiger partial charge in [0.05, 0.1) is 30.7 Å². The second kappa shape index (κ2) is 9.32. The van der Waals surface area contributed by atoms with Crippen LogP contribution >= 0.6 is 0 Å². The predicted molar refractivity (Wildman–Crippen MR) is 101 cm³/mol. The van der Waals surface area contributed by atoms with Crippen LogP contribution in [0, 0.1) is 25.7 Å². The third-order valence-electron chi connectivity index (χ3n) is 5.58. The fourth-order valence-corrected chi connectivity index (χ4v) is 3.94. The van der Waals surface area contributed by atoms with Gasteiger partial charge in [-0.1, -0.05) is 0 Å². The van der Waals surface area contributed by atoms with Crippen molar-refractivity contribution in [3.8, 4) is 0 Å². The number of amides is 2. The van der Waals surface area contributed by atoms with Gasteiger partial charge in [0.25, 0.3) is 0 Å².